The molecule has 0 spiro atoms. The minimum absolute atomic E-state index is 0.149. The summed E-state index contributed by atoms with van der Waals surface area (Å²) in [5.41, 5.74) is 1.99. The first-order valence-electron chi connectivity index (χ1n) is 9.42. The summed E-state index contributed by atoms with van der Waals surface area (Å²) in [5.74, 6) is -0.0942. The van der Waals surface area contributed by atoms with Crippen molar-refractivity contribution >= 4 is 17.1 Å². The number of fused-ring (bicyclic) bond motifs is 3. The minimum Gasteiger partial charge on any atom is -0.354 e. The third kappa shape index (κ3) is 3.75. The van der Waals surface area contributed by atoms with Crippen LogP contribution in [0.3, 0.4) is 0 Å². The second kappa shape index (κ2) is 7.50. The fourth-order valence-corrected chi connectivity index (χ4v) is 3.09. The van der Waals surface area contributed by atoms with E-state index in [0.717, 1.165) is 16.7 Å². The summed E-state index contributed by atoms with van der Waals surface area (Å²) in [6.07, 6.45) is 4.08. The van der Waals surface area contributed by atoms with Crippen molar-refractivity contribution in [3.63, 3.8) is 0 Å². The molecule has 8 nitrogen and oxygen atoms in total. The molecule has 0 aliphatic carbocycles. The maximum Gasteiger partial charge on any atom is 0.350 e. The largest absolute Gasteiger partial charge is 0.354 e. The van der Waals surface area contributed by atoms with E-state index in [1.165, 1.54) is 16.5 Å². The van der Waals surface area contributed by atoms with Crippen molar-refractivity contribution in [2.24, 2.45) is 5.92 Å². The quantitative estimate of drug-likeness (QED) is 0.541. The smallest absolute Gasteiger partial charge is 0.350 e. The molecular weight excluding hydrogens is 375 g/mol. The summed E-state index contributed by atoms with van der Waals surface area (Å²) in [7, 11) is 0. The number of rotatable bonds is 6. The monoisotopic (exact) mass is 396 g/mol. The van der Waals surface area contributed by atoms with Crippen LogP contribution in [0.15, 0.2) is 47.5 Å². The number of carbonyl (C=O) groups is 1. The molecule has 0 radical (unpaired) electrons. The topological polar surface area (TPSA) is 85.7 Å². The molecule has 29 heavy (non-hydrogen) atoms. The van der Waals surface area contributed by atoms with Gasteiger partial charge in [0.05, 0.1) is 5.69 Å². The van der Waals surface area contributed by atoms with E-state index in [4.69, 9.17) is 0 Å². The lowest BCUT2D eigenvalue weighted by molar-refractivity contribution is -0.121. The molecular formula is C20H21FN6O2. The Morgan fingerprint density at radius 2 is 1.93 bits per heavy atom. The van der Waals surface area contributed by atoms with Gasteiger partial charge in [0.2, 0.25) is 5.91 Å². The molecule has 0 saturated carbocycles. The van der Waals surface area contributed by atoms with Crippen molar-refractivity contribution in [1.82, 2.24) is 29.1 Å². The van der Waals surface area contributed by atoms with Crippen LogP contribution < -0.4 is 11.0 Å². The second-order valence-electron chi connectivity index (χ2n) is 7.33. The van der Waals surface area contributed by atoms with Crippen molar-refractivity contribution < 1.29 is 9.18 Å². The molecule has 0 fully saturated rings. The Kier molecular flexibility index (Phi) is 4.87. The summed E-state index contributed by atoms with van der Waals surface area (Å²) >= 11 is 0. The first-order chi connectivity index (χ1) is 13.9. The molecule has 0 aliphatic rings. The zero-order valence-corrected chi connectivity index (χ0v) is 16.2. The Balaban J connectivity index is 1.66. The zero-order valence-electron chi connectivity index (χ0n) is 16.2. The van der Waals surface area contributed by atoms with Gasteiger partial charge in [0.15, 0.2) is 5.65 Å². The highest BCUT2D eigenvalue weighted by atomic mass is 19.1. The third-order valence-corrected chi connectivity index (χ3v) is 4.67. The van der Waals surface area contributed by atoms with Gasteiger partial charge in [0.1, 0.15) is 17.9 Å². The highest BCUT2D eigenvalue weighted by Crippen LogP contribution is 2.21. The number of halogens is 1. The van der Waals surface area contributed by atoms with Gasteiger partial charge in [-0.3, -0.25) is 4.79 Å². The Morgan fingerprint density at radius 3 is 2.66 bits per heavy atom. The maximum atomic E-state index is 13.2. The van der Waals surface area contributed by atoms with Gasteiger partial charge in [-0.05, 0) is 42.7 Å². The first kappa shape index (κ1) is 18.9. The van der Waals surface area contributed by atoms with Crippen molar-refractivity contribution in [3.8, 4) is 11.3 Å². The fourth-order valence-electron chi connectivity index (χ4n) is 3.09. The first-order valence-corrected chi connectivity index (χ1v) is 9.42. The molecule has 0 unspecified atom stereocenters. The number of hydrogen-bond donors (Lipinski definition) is 1. The number of benzene rings is 1. The molecule has 9 heteroatoms. The van der Waals surface area contributed by atoms with E-state index < -0.39 is 5.69 Å². The molecule has 3 aromatic heterocycles. The van der Waals surface area contributed by atoms with Crippen LogP contribution in [0.5, 0.6) is 0 Å². The van der Waals surface area contributed by atoms with Crippen molar-refractivity contribution in [1.29, 1.82) is 0 Å². The van der Waals surface area contributed by atoms with Gasteiger partial charge in [-0.15, -0.1) is 5.10 Å². The highest BCUT2D eigenvalue weighted by Gasteiger charge is 2.15. The predicted octanol–water partition coefficient (Wildman–Crippen LogP) is 2.11. The Morgan fingerprint density at radius 1 is 1.17 bits per heavy atom. The fraction of sp³-hybridized carbons (Fsp3) is 0.300. The predicted molar refractivity (Wildman–Crippen MR) is 106 cm³/mol. The maximum absolute atomic E-state index is 13.2. The zero-order chi connectivity index (χ0) is 20.5. The van der Waals surface area contributed by atoms with Crippen molar-refractivity contribution in [3.05, 3.63) is 59.0 Å². The average molecular weight is 396 g/mol. The molecule has 0 saturated heterocycles. The van der Waals surface area contributed by atoms with Gasteiger partial charge >= 0.3 is 5.69 Å². The van der Waals surface area contributed by atoms with Crippen molar-refractivity contribution in [2.75, 3.05) is 6.54 Å². The second-order valence-corrected chi connectivity index (χ2v) is 7.33. The lowest BCUT2D eigenvalue weighted by Gasteiger charge is -2.06. The molecule has 4 rings (SSSR count). The summed E-state index contributed by atoms with van der Waals surface area (Å²) in [4.78, 5) is 24.8. The van der Waals surface area contributed by atoms with E-state index in [9.17, 15) is 14.0 Å². The number of hydrogen-bond acceptors (Lipinski definition) is 4. The van der Waals surface area contributed by atoms with Crippen LogP contribution in [0, 0.1) is 11.7 Å². The number of nitrogens with one attached hydrogen (secondary N) is 1. The van der Waals surface area contributed by atoms with Crippen LogP contribution in [0.2, 0.25) is 0 Å². The van der Waals surface area contributed by atoms with Gasteiger partial charge in [-0.1, -0.05) is 13.8 Å². The molecule has 4 aromatic rings. The number of aromatic nitrogens is 5. The molecule has 0 atom stereocenters. The van der Waals surface area contributed by atoms with Crippen LogP contribution in [0.25, 0.3) is 22.4 Å². The van der Waals surface area contributed by atoms with Gasteiger partial charge < -0.3 is 5.32 Å². The van der Waals surface area contributed by atoms with Gasteiger partial charge in [-0.25, -0.2) is 22.8 Å². The molecule has 150 valence electrons. The van der Waals surface area contributed by atoms with Gasteiger partial charge in [-0.2, -0.15) is 5.10 Å². The Hall–Kier alpha value is -3.49. The standard InChI is InChI=1S/C20H21FN6O2/c1-13(2)7-8-22-18(28)12-27-20(29)25-9-10-26-17(19(25)24-27)11-16(23-26)14-3-5-15(21)6-4-14/h3-6,9-11,13H,7-8,12H2,1-2H3,(H,22,28). The van der Waals surface area contributed by atoms with Gasteiger partial charge in [0, 0.05) is 24.5 Å². The van der Waals surface area contributed by atoms with Crippen LogP contribution in [0.4, 0.5) is 4.39 Å². The lowest BCUT2D eigenvalue weighted by atomic mass is 10.1. The van der Waals surface area contributed by atoms with E-state index in [1.807, 2.05) is 0 Å². The highest BCUT2D eigenvalue weighted by molar-refractivity contribution is 5.77. The Labute approximate surface area is 165 Å². The van der Waals surface area contributed by atoms with E-state index in [2.05, 4.69) is 29.4 Å². The average Bonchev–Trinajstić information content (AvgIpc) is 3.24. The SMILES string of the molecule is CC(C)CCNC(=O)Cn1nc2c3cc(-c4ccc(F)cc4)nn3ccn2c1=O. The van der Waals surface area contributed by atoms with Crippen LogP contribution in [-0.2, 0) is 11.3 Å². The van der Waals surface area contributed by atoms with Gasteiger partial charge in [0.25, 0.3) is 0 Å². The van der Waals surface area contributed by atoms with Crippen molar-refractivity contribution in [2.45, 2.75) is 26.8 Å². The molecule has 0 bridgehead atoms. The summed E-state index contributed by atoms with van der Waals surface area (Å²) < 4.78 is 17.3. The molecule has 0 aliphatic heterocycles. The molecule has 1 N–H and O–H groups in total. The molecule has 3 heterocycles. The van der Waals surface area contributed by atoms with E-state index >= 15 is 0 Å². The number of amides is 1. The minimum atomic E-state index is -0.397. The lowest BCUT2D eigenvalue weighted by Crippen LogP contribution is -2.33. The number of carbonyl (C=O) groups excluding carboxylic acids is 1. The Bertz CT molecular complexity index is 1240. The molecule has 1 amide bonds. The van der Waals surface area contributed by atoms with Crippen LogP contribution in [-0.4, -0.2) is 36.2 Å². The van der Waals surface area contributed by atoms with E-state index in [1.54, 1.807) is 35.1 Å². The normalized spacial score (nSPS) is 11.6. The van der Waals surface area contributed by atoms with E-state index in [-0.39, 0.29) is 18.3 Å². The summed E-state index contributed by atoms with van der Waals surface area (Å²) in [6.45, 7) is 4.57. The van der Waals surface area contributed by atoms with Crippen LogP contribution in [0.1, 0.15) is 20.3 Å². The summed E-state index contributed by atoms with van der Waals surface area (Å²) in [5, 5.41) is 11.6. The number of nitrogens with zero attached hydrogens (tertiary/aromatic N) is 5. The van der Waals surface area contributed by atoms with Crippen LogP contribution >= 0.6 is 0 Å². The van der Waals surface area contributed by atoms with E-state index in [0.29, 0.717) is 29.3 Å². The third-order valence-electron chi connectivity index (χ3n) is 4.67. The molecule has 1 aromatic carbocycles. The summed E-state index contributed by atoms with van der Waals surface area (Å²) in [6, 6.07) is 7.79.